The molecular weight excluding hydrogens is 240 g/mol. The van der Waals surface area contributed by atoms with E-state index in [0.717, 1.165) is 25.7 Å². The van der Waals surface area contributed by atoms with Gasteiger partial charge >= 0.3 is 0 Å². The highest BCUT2D eigenvalue weighted by Gasteiger charge is 2.24. The zero-order chi connectivity index (χ0) is 13.7. The molecule has 1 aliphatic rings. The molecule has 1 aromatic carbocycles. The second-order valence-electron chi connectivity index (χ2n) is 5.16. The summed E-state index contributed by atoms with van der Waals surface area (Å²) in [6, 6.07) is 9.80. The Bertz CT molecular complexity index is 400. The number of aliphatic hydroxyl groups is 1. The van der Waals surface area contributed by atoms with Gasteiger partial charge in [0.05, 0.1) is 0 Å². The molecule has 1 aliphatic carbocycles. The van der Waals surface area contributed by atoms with Crippen molar-refractivity contribution in [3.63, 3.8) is 0 Å². The summed E-state index contributed by atoms with van der Waals surface area (Å²) in [5, 5.41) is 16.2. The van der Waals surface area contributed by atoms with Crippen molar-refractivity contribution in [3.8, 4) is 0 Å². The van der Waals surface area contributed by atoms with E-state index in [2.05, 4.69) is 10.6 Å². The van der Waals surface area contributed by atoms with Crippen LogP contribution in [0, 0.1) is 0 Å². The van der Waals surface area contributed by atoms with Crippen LogP contribution < -0.4 is 10.6 Å². The van der Waals surface area contributed by atoms with Crippen molar-refractivity contribution in [2.45, 2.75) is 43.9 Å². The van der Waals surface area contributed by atoms with Crippen molar-refractivity contribution in [2.75, 3.05) is 7.05 Å². The van der Waals surface area contributed by atoms with Crippen molar-refractivity contribution in [1.82, 2.24) is 10.6 Å². The summed E-state index contributed by atoms with van der Waals surface area (Å²) in [6.45, 7) is 0. The quantitative estimate of drug-likeness (QED) is 0.768. The number of carbonyl (C=O) groups excluding carboxylic acids is 1. The number of nitrogens with one attached hydrogen (secondary N) is 2. The van der Waals surface area contributed by atoms with Crippen molar-refractivity contribution in [1.29, 1.82) is 0 Å². The minimum absolute atomic E-state index is 0.190. The van der Waals surface area contributed by atoms with Gasteiger partial charge in [-0.25, -0.2) is 0 Å². The summed E-state index contributed by atoms with van der Waals surface area (Å²) in [4.78, 5) is 12.0. The Morgan fingerprint density at radius 3 is 2.32 bits per heavy atom. The molecule has 0 spiro atoms. The average molecular weight is 262 g/mol. The molecule has 0 saturated heterocycles. The Kier molecular flexibility index (Phi) is 4.93. The normalized spacial score (nSPS) is 24.7. The maximum Gasteiger partial charge on any atom is 0.253 e. The second kappa shape index (κ2) is 6.68. The average Bonchev–Trinajstić information content (AvgIpc) is 2.48. The highest BCUT2D eigenvalue weighted by Crippen LogP contribution is 2.19. The van der Waals surface area contributed by atoms with Gasteiger partial charge in [-0.3, -0.25) is 4.79 Å². The van der Waals surface area contributed by atoms with Gasteiger partial charge in [-0.15, -0.1) is 0 Å². The smallest absolute Gasteiger partial charge is 0.253 e. The Morgan fingerprint density at radius 2 is 1.74 bits per heavy atom. The number of aliphatic hydroxyl groups excluding tert-OH is 1. The van der Waals surface area contributed by atoms with Gasteiger partial charge in [0.25, 0.3) is 5.91 Å². The van der Waals surface area contributed by atoms with E-state index in [1.54, 1.807) is 12.1 Å². The minimum atomic E-state index is -1.07. The third kappa shape index (κ3) is 3.78. The zero-order valence-electron chi connectivity index (χ0n) is 11.3. The molecule has 1 atom stereocenters. The van der Waals surface area contributed by atoms with E-state index >= 15 is 0 Å². The van der Waals surface area contributed by atoms with Crippen LogP contribution in [0.1, 0.15) is 37.4 Å². The van der Waals surface area contributed by atoms with Crippen molar-refractivity contribution >= 4 is 5.91 Å². The minimum Gasteiger partial charge on any atom is -0.378 e. The summed E-state index contributed by atoms with van der Waals surface area (Å²) in [7, 11) is 1.97. The first-order valence-electron chi connectivity index (χ1n) is 6.91. The number of carbonyl (C=O) groups is 1. The molecule has 1 fully saturated rings. The van der Waals surface area contributed by atoms with Crippen molar-refractivity contribution in [2.24, 2.45) is 0 Å². The fourth-order valence-electron chi connectivity index (χ4n) is 2.59. The Labute approximate surface area is 114 Å². The maximum atomic E-state index is 12.0. The van der Waals surface area contributed by atoms with Gasteiger partial charge in [0.2, 0.25) is 0 Å². The third-order valence-electron chi connectivity index (χ3n) is 3.85. The highest BCUT2D eigenvalue weighted by molar-refractivity contribution is 5.82. The van der Waals surface area contributed by atoms with Crippen molar-refractivity contribution < 1.29 is 9.90 Å². The molecule has 4 heteroatoms. The number of benzene rings is 1. The fourth-order valence-corrected chi connectivity index (χ4v) is 2.59. The molecule has 0 bridgehead atoms. The van der Waals surface area contributed by atoms with E-state index in [0.29, 0.717) is 11.6 Å². The van der Waals surface area contributed by atoms with E-state index in [-0.39, 0.29) is 11.9 Å². The summed E-state index contributed by atoms with van der Waals surface area (Å²) in [6.07, 6.45) is 3.02. The van der Waals surface area contributed by atoms with E-state index in [9.17, 15) is 9.90 Å². The molecule has 1 saturated carbocycles. The van der Waals surface area contributed by atoms with Gasteiger partial charge in [0.15, 0.2) is 6.10 Å². The first kappa shape index (κ1) is 14.0. The first-order chi connectivity index (χ1) is 9.20. The van der Waals surface area contributed by atoms with Crippen LogP contribution in [0.25, 0.3) is 0 Å². The monoisotopic (exact) mass is 262 g/mol. The van der Waals surface area contributed by atoms with Crippen LogP contribution in [0.2, 0.25) is 0 Å². The van der Waals surface area contributed by atoms with Crippen LogP contribution in [0.3, 0.4) is 0 Å². The van der Waals surface area contributed by atoms with E-state index in [1.165, 1.54) is 0 Å². The number of amides is 1. The molecule has 104 valence electrons. The molecule has 1 aromatic rings. The van der Waals surface area contributed by atoms with Crippen LogP contribution in [0.5, 0.6) is 0 Å². The summed E-state index contributed by atoms with van der Waals surface area (Å²) >= 11 is 0. The van der Waals surface area contributed by atoms with Gasteiger partial charge in [-0.05, 0) is 38.3 Å². The van der Waals surface area contributed by atoms with Crippen LogP contribution in [-0.4, -0.2) is 30.1 Å². The number of hydrogen-bond donors (Lipinski definition) is 3. The van der Waals surface area contributed by atoms with Crippen LogP contribution in [0.15, 0.2) is 30.3 Å². The van der Waals surface area contributed by atoms with Gasteiger partial charge in [0, 0.05) is 12.1 Å². The topological polar surface area (TPSA) is 61.4 Å². The largest absolute Gasteiger partial charge is 0.378 e. The zero-order valence-corrected chi connectivity index (χ0v) is 11.3. The second-order valence-corrected chi connectivity index (χ2v) is 5.16. The summed E-state index contributed by atoms with van der Waals surface area (Å²) < 4.78 is 0. The predicted octanol–water partition coefficient (Wildman–Crippen LogP) is 1.37. The molecular formula is C15H22N2O2. The lowest BCUT2D eigenvalue weighted by atomic mass is 9.91. The molecule has 0 aliphatic heterocycles. The molecule has 3 N–H and O–H groups in total. The Morgan fingerprint density at radius 1 is 1.16 bits per heavy atom. The van der Waals surface area contributed by atoms with Gasteiger partial charge < -0.3 is 15.7 Å². The lowest BCUT2D eigenvalue weighted by Crippen LogP contribution is -2.43. The molecule has 1 amide bonds. The number of hydrogen-bond acceptors (Lipinski definition) is 3. The van der Waals surface area contributed by atoms with Crippen LogP contribution in [0.4, 0.5) is 0 Å². The molecule has 0 aromatic heterocycles. The lowest BCUT2D eigenvalue weighted by Gasteiger charge is -2.29. The van der Waals surface area contributed by atoms with Gasteiger partial charge in [-0.1, -0.05) is 30.3 Å². The Hall–Kier alpha value is -1.39. The molecule has 1 unspecified atom stereocenters. The summed E-state index contributed by atoms with van der Waals surface area (Å²) in [5.41, 5.74) is 0.643. The van der Waals surface area contributed by atoms with Crippen molar-refractivity contribution in [3.05, 3.63) is 35.9 Å². The van der Waals surface area contributed by atoms with E-state index in [4.69, 9.17) is 0 Å². The summed E-state index contributed by atoms with van der Waals surface area (Å²) in [5.74, 6) is -0.292. The molecule has 2 rings (SSSR count). The van der Waals surface area contributed by atoms with Crippen LogP contribution in [-0.2, 0) is 4.79 Å². The molecule has 4 nitrogen and oxygen atoms in total. The number of rotatable bonds is 4. The first-order valence-corrected chi connectivity index (χ1v) is 6.91. The highest BCUT2D eigenvalue weighted by atomic mass is 16.3. The Balaban J connectivity index is 1.85. The SMILES string of the molecule is CNC1CCC(NC(=O)C(O)c2ccccc2)CC1. The van der Waals surface area contributed by atoms with E-state index < -0.39 is 6.10 Å². The maximum absolute atomic E-state index is 12.0. The van der Waals surface area contributed by atoms with Crippen LogP contribution >= 0.6 is 0 Å². The molecule has 0 heterocycles. The molecule has 19 heavy (non-hydrogen) atoms. The van der Waals surface area contributed by atoms with Gasteiger partial charge in [-0.2, -0.15) is 0 Å². The lowest BCUT2D eigenvalue weighted by molar-refractivity contribution is -0.130. The predicted molar refractivity (Wildman–Crippen MR) is 74.6 cm³/mol. The molecule has 0 radical (unpaired) electrons. The van der Waals surface area contributed by atoms with E-state index in [1.807, 2.05) is 25.2 Å². The fraction of sp³-hybridized carbons (Fsp3) is 0.533. The van der Waals surface area contributed by atoms with Gasteiger partial charge in [0.1, 0.15) is 0 Å². The third-order valence-corrected chi connectivity index (χ3v) is 3.85. The standard InChI is InChI=1S/C15H22N2O2/c1-16-12-7-9-13(10-8-12)17-15(19)14(18)11-5-3-2-4-6-11/h2-6,12-14,16,18H,7-10H2,1H3,(H,17,19).